The minimum absolute atomic E-state index is 0.00352. The molecule has 1 fully saturated rings. The lowest BCUT2D eigenvalue weighted by Gasteiger charge is -2.22. The van der Waals surface area contributed by atoms with Gasteiger partial charge < -0.3 is 20.9 Å². The number of rotatable bonds is 5. The summed E-state index contributed by atoms with van der Waals surface area (Å²) in [5, 5.41) is 8.01. The summed E-state index contributed by atoms with van der Waals surface area (Å²) in [6, 6.07) is 11.2. The first-order chi connectivity index (χ1) is 16.0. The number of benzene rings is 1. The first-order valence-corrected chi connectivity index (χ1v) is 10.8. The topological polar surface area (TPSA) is 142 Å². The molecule has 0 spiro atoms. The predicted octanol–water partition coefficient (Wildman–Crippen LogP) is 3.23. The molecule has 1 aliphatic rings. The number of H-pyrrole nitrogens is 1. The van der Waals surface area contributed by atoms with Crippen LogP contribution < -0.4 is 16.2 Å². The Hall–Kier alpha value is -3.98. The molecule has 5 rings (SSSR count). The van der Waals surface area contributed by atoms with Crippen LogP contribution in [0.3, 0.4) is 0 Å². The lowest BCUT2D eigenvalue weighted by atomic mass is 9.94. The Labute approximate surface area is 190 Å². The van der Waals surface area contributed by atoms with Gasteiger partial charge in [0.1, 0.15) is 6.10 Å². The van der Waals surface area contributed by atoms with E-state index in [1.807, 2.05) is 37.3 Å². The van der Waals surface area contributed by atoms with Crippen molar-refractivity contribution in [2.24, 2.45) is 5.73 Å². The van der Waals surface area contributed by atoms with Crippen LogP contribution in [0.1, 0.15) is 28.9 Å². The quantitative estimate of drug-likeness (QED) is 0.429. The van der Waals surface area contributed by atoms with Gasteiger partial charge in [-0.05, 0) is 49.1 Å². The van der Waals surface area contributed by atoms with Crippen LogP contribution in [0, 0.1) is 6.92 Å². The highest BCUT2D eigenvalue weighted by molar-refractivity contribution is 6.05. The number of hydrogen-bond donors (Lipinski definition) is 3. The number of pyridine rings is 2. The smallest absolute Gasteiger partial charge is 0.269 e. The number of primary amides is 1. The number of aromatic amines is 1. The Kier molecular flexibility index (Phi) is 5.39. The molecule has 1 amide bonds. The van der Waals surface area contributed by atoms with Gasteiger partial charge in [0, 0.05) is 23.6 Å². The van der Waals surface area contributed by atoms with Crippen LogP contribution in [-0.4, -0.2) is 45.4 Å². The van der Waals surface area contributed by atoms with Gasteiger partial charge >= 0.3 is 0 Å². The van der Waals surface area contributed by atoms with E-state index in [9.17, 15) is 4.79 Å². The molecule has 1 saturated heterocycles. The van der Waals surface area contributed by atoms with Crippen LogP contribution in [0.4, 0.5) is 5.69 Å². The molecular weight excluding hydrogens is 420 g/mol. The summed E-state index contributed by atoms with van der Waals surface area (Å²) in [6.07, 6.45) is 3.56. The second-order valence-corrected chi connectivity index (χ2v) is 8.09. The Morgan fingerprint density at radius 1 is 1.21 bits per heavy atom. The standard InChI is InChI=1S/C24H24N6O3/c1-13-7-8-17-16(11-27-30-17)21(13)15-10-19(29-23(22(15)25)24(26)31)18-5-2-6-20(28-18)33-14-4-3-9-32-12-14/h2,5-8,10-11,14H,3-4,9,12,25H2,1H3,(H2,26,31)(H,27,30). The van der Waals surface area contributed by atoms with Crippen molar-refractivity contribution in [3.63, 3.8) is 0 Å². The van der Waals surface area contributed by atoms with Crippen molar-refractivity contribution in [3.8, 4) is 28.4 Å². The minimum Gasteiger partial charge on any atom is -0.472 e. The van der Waals surface area contributed by atoms with Crippen LogP contribution >= 0.6 is 0 Å². The highest BCUT2D eigenvalue weighted by Crippen LogP contribution is 2.37. The highest BCUT2D eigenvalue weighted by Gasteiger charge is 2.21. The van der Waals surface area contributed by atoms with E-state index in [0.717, 1.165) is 41.5 Å². The van der Waals surface area contributed by atoms with Crippen molar-refractivity contribution in [1.29, 1.82) is 0 Å². The Morgan fingerprint density at radius 3 is 2.88 bits per heavy atom. The van der Waals surface area contributed by atoms with Gasteiger partial charge in [-0.3, -0.25) is 9.89 Å². The van der Waals surface area contributed by atoms with Gasteiger partial charge in [0.05, 0.1) is 35.4 Å². The van der Waals surface area contributed by atoms with E-state index in [4.69, 9.17) is 20.9 Å². The molecule has 1 atom stereocenters. The average Bonchev–Trinajstić information content (AvgIpc) is 3.29. The molecule has 1 unspecified atom stereocenters. The molecule has 5 N–H and O–H groups in total. The first kappa shape index (κ1) is 20.9. The summed E-state index contributed by atoms with van der Waals surface area (Å²) >= 11 is 0. The summed E-state index contributed by atoms with van der Waals surface area (Å²) in [7, 11) is 0. The zero-order valence-electron chi connectivity index (χ0n) is 18.2. The van der Waals surface area contributed by atoms with Gasteiger partial charge in [-0.1, -0.05) is 12.1 Å². The summed E-state index contributed by atoms with van der Waals surface area (Å²) in [4.78, 5) is 21.3. The largest absolute Gasteiger partial charge is 0.472 e. The van der Waals surface area contributed by atoms with Crippen molar-refractivity contribution in [3.05, 3.63) is 53.9 Å². The van der Waals surface area contributed by atoms with Gasteiger partial charge in [-0.25, -0.2) is 9.97 Å². The molecular formula is C24H24N6O3. The number of carbonyl (C=O) groups is 1. The average molecular weight is 444 g/mol. The number of nitrogen functional groups attached to an aromatic ring is 1. The van der Waals surface area contributed by atoms with Gasteiger partial charge in [0.25, 0.3) is 5.91 Å². The number of nitrogens with zero attached hydrogens (tertiary/aromatic N) is 3. The number of carbonyl (C=O) groups excluding carboxylic acids is 1. The molecule has 168 valence electrons. The molecule has 33 heavy (non-hydrogen) atoms. The molecule has 0 saturated carbocycles. The van der Waals surface area contributed by atoms with E-state index in [-0.39, 0.29) is 17.5 Å². The molecule has 4 heterocycles. The Bertz CT molecular complexity index is 1340. The van der Waals surface area contributed by atoms with E-state index < -0.39 is 5.91 Å². The van der Waals surface area contributed by atoms with Crippen LogP contribution in [0.25, 0.3) is 33.4 Å². The fourth-order valence-electron chi connectivity index (χ4n) is 4.16. The maximum absolute atomic E-state index is 12.2. The van der Waals surface area contributed by atoms with Crippen molar-refractivity contribution in [2.45, 2.75) is 25.9 Å². The molecule has 4 aromatic rings. The molecule has 9 heteroatoms. The Morgan fingerprint density at radius 2 is 2.09 bits per heavy atom. The molecule has 1 aromatic carbocycles. The number of nitrogens with two attached hydrogens (primary N) is 2. The van der Waals surface area contributed by atoms with Crippen LogP contribution in [0.5, 0.6) is 5.88 Å². The summed E-state index contributed by atoms with van der Waals surface area (Å²) in [6.45, 7) is 3.27. The number of amides is 1. The predicted molar refractivity (Wildman–Crippen MR) is 125 cm³/mol. The summed E-state index contributed by atoms with van der Waals surface area (Å²) in [5.74, 6) is -0.240. The molecule has 0 radical (unpaired) electrons. The second-order valence-electron chi connectivity index (χ2n) is 8.09. The van der Waals surface area contributed by atoms with Crippen LogP contribution in [0.15, 0.2) is 42.6 Å². The maximum Gasteiger partial charge on any atom is 0.269 e. The monoisotopic (exact) mass is 444 g/mol. The number of aryl methyl sites for hydroxylation is 1. The van der Waals surface area contributed by atoms with Gasteiger partial charge in [-0.2, -0.15) is 5.10 Å². The lowest BCUT2D eigenvalue weighted by molar-refractivity contribution is 0.00555. The minimum atomic E-state index is -0.709. The molecule has 1 aliphatic heterocycles. The van der Waals surface area contributed by atoms with Crippen LogP contribution in [0.2, 0.25) is 0 Å². The lowest BCUT2D eigenvalue weighted by Crippen LogP contribution is -2.28. The third kappa shape index (κ3) is 3.98. The summed E-state index contributed by atoms with van der Waals surface area (Å²) < 4.78 is 11.5. The molecule has 0 bridgehead atoms. The number of nitrogens with one attached hydrogen (secondary N) is 1. The number of anilines is 1. The van der Waals surface area contributed by atoms with E-state index in [2.05, 4.69) is 20.2 Å². The highest BCUT2D eigenvalue weighted by atomic mass is 16.5. The zero-order valence-corrected chi connectivity index (χ0v) is 18.2. The molecule has 9 nitrogen and oxygen atoms in total. The zero-order chi connectivity index (χ0) is 22.9. The van der Waals surface area contributed by atoms with Crippen molar-refractivity contribution < 1.29 is 14.3 Å². The van der Waals surface area contributed by atoms with E-state index in [1.54, 1.807) is 12.3 Å². The molecule has 3 aromatic heterocycles. The number of hydrogen-bond acceptors (Lipinski definition) is 7. The van der Waals surface area contributed by atoms with Gasteiger partial charge in [-0.15, -0.1) is 0 Å². The van der Waals surface area contributed by atoms with Crippen molar-refractivity contribution in [2.75, 3.05) is 18.9 Å². The third-order valence-electron chi connectivity index (χ3n) is 5.79. The van der Waals surface area contributed by atoms with E-state index >= 15 is 0 Å². The SMILES string of the molecule is Cc1ccc2[nH]ncc2c1-c1cc(-c2cccc(OC3CCCOC3)n2)nc(C(N)=O)c1N. The van der Waals surface area contributed by atoms with E-state index in [1.165, 1.54) is 0 Å². The number of aromatic nitrogens is 4. The van der Waals surface area contributed by atoms with Crippen LogP contribution in [-0.2, 0) is 4.74 Å². The Balaban J connectivity index is 1.63. The first-order valence-electron chi connectivity index (χ1n) is 10.8. The van der Waals surface area contributed by atoms with Crippen molar-refractivity contribution >= 4 is 22.5 Å². The maximum atomic E-state index is 12.2. The number of ether oxygens (including phenoxy) is 2. The third-order valence-corrected chi connectivity index (χ3v) is 5.79. The molecule has 0 aliphatic carbocycles. The summed E-state index contributed by atoms with van der Waals surface area (Å²) in [5.41, 5.74) is 16.6. The second kappa shape index (κ2) is 8.51. The normalized spacial score (nSPS) is 16.1. The van der Waals surface area contributed by atoms with E-state index in [0.29, 0.717) is 29.4 Å². The fraction of sp³-hybridized carbons (Fsp3) is 0.250. The van der Waals surface area contributed by atoms with Gasteiger partial charge in [0.2, 0.25) is 5.88 Å². The fourth-order valence-corrected chi connectivity index (χ4v) is 4.16. The number of fused-ring (bicyclic) bond motifs is 1. The van der Waals surface area contributed by atoms with Gasteiger partial charge in [0.15, 0.2) is 5.69 Å². The van der Waals surface area contributed by atoms with Crippen molar-refractivity contribution in [1.82, 2.24) is 20.2 Å².